The van der Waals surface area contributed by atoms with Crippen molar-refractivity contribution < 1.29 is 38.0 Å². The Morgan fingerprint density at radius 3 is 1.41 bits per heavy atom. The van der Waals surface area contributed by atoms with Gasteiger partial charge in [0.25, 0.3) is 0 Å². The van der Waals surface area contributed by atoms with Crippen LogP contribution in [0.4, 0.5) is 9.59 Å². The molecule has 0 unspecified atom stereocenters. The third-order valence-electron chi connectivity index (χ3n) is 2.24. The number of carbonyl (C=O) groups excluding carboxylic acids is 2. The molecule has 1 aromatic rings. The van der Waals surface area contributed by atoms with Crippen LogP contribution in [0.15, 0.2) is 24.3 Å². The first kappa shape index (κ1) is 17.7. The summed E-state index contributed by atoms with van der Waals surface area (Å²) < 4.78 is 28.7. The second-order valence-electron chi connectivity index (χ2n) is 3.86. The molecule has 0 saturated carbocycles. The first-order chi connectivity index (χ1) is 10.7. The summed E-state index contributed by atoms with van der Waals surface area (Å²) in [7, 11) is 2.99. The maximum absolute atomic E-state index is 11.3. The minimum atomic E-state index is -0.843. The van der Waals surface area contributed by atoms with Gasteiger partial charge in [-0.1, -0.05) is 0 Å². The van der Waals surface area contributed by atoms with Crippen molar-refractivity contribution in [2.75, 3.05) is 40.6 Å². The third kappa shape index (κ3) is 7.46. The molecule has 122 valence electrons. The molecule has 8 heteroatoms. The van der Waals surface area contributed by atoms with Gasteiger partial charge in [-0.15, -0.1) is 0 Å². The summed E-state index contributed by atoms with van der Waals surface area (Å²) in [6, 6.07) is 5.81. The average molecular weight is 314 g/mol. The van der Waals surface area contributed by atoms with Gasteiger partial charge in [0.2, 0.25) is 0 Å². The summed E-state index contributed by atoms with van der Waals surface area (Å²) >= 11 is 0. The molecule has 0 atom stereocenters. The molecule has 0 aromatic heterocycles. The van der Waals surface area contributed by atoms with E-state index < -0.39 is 12.3 Å². The summed E-state index contributed by atoms with van der Waals surface area (Å²) in [5, 5.41) is 0. The highest BCUT2D eigenvalue weighted by atomic mass is 16.7. The summed E-state index contributed by atoms with van der Waals surface area (Å²) in [5.74, 6) is 0.505. The van der Waals surface area contributed by atoms with Crippen molar-refractivity contribution in [2.24, 2.45) is 0 Å². The van der Waals surface area contributed by atoms with E-state index >= 15 is 0 Å². The second kappa shape index (κ2) is 10.4. The van der Waals surface area contributed by atoms with Crippen molar-refractivity contribution in [1.82, 2.24) is 0 Å². The van der Waals surface area contributed by atoms with E-state index in [1.54, 1.807) is 0 Å². The molecular formula is C14H18O8. The molecule has 1 rings (SSSR count). The van der Waals surface area contributed by atoms with Gasteiger partial charge in [0, 0.05) is 14.2 Å². The van der Waals surface area contributed by atoms with E-state index in [2.05, 4.69) is 0 Å². The van der Waals surface area contributed by atoms with Crippen molar-refractivity contribution in [3.05, 3.63) is 24.3 Å². The third-order valence-corrected chi connectivity index (χ3v) is 2.24. The highest BCUT2D eigenvalue weighted by Crippen LogP contribution is 2.18. The van der Waals surface area contributed by atoms with Gasteiger partial charge in [-0.3, -0.25) is 0 Å². The first-order valence-corrected chi connectivity index (χ1v) is 6.43. The van der Waals surface area contributed by atoms with E-state index in [1.165, 1.54) is 38.5 Å². The molecule has 0 aliphatic carbocycles. The quantitative estimate of drug-likeness (QED) is 0.409. The van der Waals surface area contributed by atoms with Gasteiger partial charge >= 0.3 is 12.3 Å². The number of hydrogen-bond donors (Lipinski definition) is 0. The molecule has 0 aliphatic rings. The molecular weight excluding hydrogens is 296 g/mol. The Kier molecular flexibility index (Phi) is 8.39. The summed E-state index contributed by atoms with van der Waals surface area (Å²) in [5.41, 5.74) is 0. The monoisotopic (exact) mass is 314 g/mol. The Morgan fingerprint density at radius 2 is 1.09 bits per heavy atom. The lowest BCUT2D eigenvalue weighted by molar-refractivity contribution is 0.0672. The molecule has 0 fully saturated rings. The van der Waals surface area contributed by atoms with Crippen LogP contribution in [0.5, 0.6) is 11.5 Å². The standard InChI is InChI=1S/C14H18O8/c1-17-7-9-19-13(15)21-11-3-5-12(6-4-11)22-14(16)20-10-8-18-2/h3-6H,7-10H2,1-2H3. The molecule has 0 spiro atoms. The Bertz CT molecular complexity index is 413. The number of benzene rings is 1. The van der Waals surface area contributed by atoms with Crippen molar-refractivity contribution in [1.29, 1.82) is 0 Å². The summed E-state index contributed by atoms with van der Waals surface area (Å²) in [6.07, 6.45) is -1.69. The highest BCUT2D eigenvalue weighted by Gasteiger charge is 2.08. The summed E-state index contributed by atoms with van der Waals surface area (Å²) in [4.78, 5) is 22.6. The predicted molar refractivity (Wildman–Crippen MR) is 74.1 cm³/mol. The predicted octanol–water partition coefficient (Wildman–Crippen LogP) is 2.01. The number of hydrogen-bond acceptors (Lipinski definition) is 8. The molecule has 22 heavy (non-hydrogen) atoms. The lowest BCUT2D eigenvalue weighted by Gasteiger charge is -2.07. The maximum Gasteiger partial charge on any atom is 0.513 e. The van der Waals surface area contributed by atoms with E-state index in [0.29, 0.717) is 0 Å². The normalized spacial score (nSPS) is 9.91. The van der Waals surface area contributed by atoms with E-state index in [4.69, 9.17) is 28.4 Å². The van der Waals surface area contributed by atoms with Crippen LogP contribution in [0.3, 0.4) is 0 Å². The van der Waals surface area contributed by atoms with Crippen LogP contribution < -0.4 is 9.47 Å². The number of carbonyl (C=O) groups is 2. The van der Waals surface area contributed by atoms with Crippen LogP contribution in [0.2, 0.25) is 0 Å². The number of methoxy groups -OCH3 is 2. The Morgan fingerprint density at radius 1 is 0.727 bits per heavy atom. The van der Waals surface area contributed by atoms with E-state index in [9.17, 15) is 9.59 Å². The molecule has 1 aromatic carbocycles. The van der Waals surface area contributed by atoms with Gasteiger partial charge in [0.1, 0.15) is 24.7 Å². The molecule has 0 bridgehead atoms. The second-order valence-corrected chi connectivity index (χ2v) is 3.86. The number of rotatable bonds is 8. The van der Waals surface area contributed by atoms with Gasteiger partial charge in [-0.25, -0.2) is 9.59 Å². The Labute approximate surface area is 127 Å². The highest BCUT2D eigenvalue weighted by molar-refractivity contribution is 5.65. The van der Waals surface area contributed by atoms with E-state index in [-0.39, 0.29) is 37.9 Å². The van der Waals surface area contributed by atoms with Crippen LogP contribution in [0, 0.1) is 0 Å². The molecule has 0 aliphatic heterocycles. The zero-order valence-corrected chi connectivity index (χ0v) is 12.4. The first-order valence-electron chi connectivity index (χ1n) is 6.43. The molecule has 8 nitrogen and oxygen atoms in total. The fourth-order valence-electron chi connectivity index (χ4n) is 1.24. The van der Waals surface area contributed by atoms with Crippen LogP contribution in [0.25, 0.3) is 0 Å². The molecule has 0 saturated heterocycles. The Balaban J connectivity index is 2.36. The smallest absolute Gasteiger partial charge is 0.432 e. The van der Waals surface area contributed by atoms with Crippen molar-refractivity contribution in [2.45, 2.75) is 0 Å². The lowest BCUT2D eigenvalue weighted by atomic mass is 10.3. The Hall–Kier alpha value is -2.32. The number of ether oxygens (including phenoxy) is 6. The largest absolute Gasteiger partial charge is 0.513 e. The van der Waals surface area contributed by atoms with Crippen LogP contribution >= 0.6 is 0 Å². The van der Waals surface area contributed by atoms with Gasteiger partial charge in [-0.05, 0) is 24.3 Å². The van der Waals surface area contributed by atoms with Gasteiger partial charge in [0.05, 0.1) is 13.2 Å². The molecule has 0 heterocycles. The summed E-state index contributed by atoms with van der Waals surface area (Å²) in [6.45, 7) is 0.772. The van der Waals surface area contributed by atoms with E-state index in [0.717, 1.165) is 0 Å². The van der Waals surface area contributed by atoms with Crippen molar-refractivity contribution in [3.8, 4) is 11.5 Å². The van der Waals surface area contributed by atoms with Crippen LogP contribution in [-0.2, 0) is 18.9 Å². The minimum Gasteiger partial charge on any atom is -0.432 e. The van der Waals surface area contributed by atoms with Crippen molar-refractivity contribution >= 4 is 12.3 Å². The molecule has 0 radical (unpaired) electrons. The fraction of sp³-hybridized carbons (Fsp3) is 0.429. The average Bonchev–Trinajstić information content (AvgIpc) is 2.50. The van der Waals surface area contributed by atoms with Gasteiger partial charge in [0.15, 0.2) is 0 Å². The van der Waals surface area contributed by atoms with Gasteiger partial charge in [-0.2, -0.15) is 0 Å². The SMILES string of the molecule is COCCOC(=O)Oc1ccc(OC(=O)OCCOC)cc1. The molecule has 0 N–H and O–H groups in total. The van der Waals surface area contributed by atoms with Crippen LogP contribution in [-0.4, -0.2) is 53.0 Å². The zero-order valence-electron chi connectivity index (χ0n) is 12.4. The van der Waals surface area contributed by atoms with E-state index in [1.807, 2.05) is 0 Å². The van der Waals surface area contributed by atoms with Crippen LogP contribution in [0.1, 0.15) is 0 Å². The van der Waals surface area contributed by atoms with Crippen molar-refractivity contribution in [3.63, 3.8) is 0 Å². The fourth-order valence-corrected chi connectivity index (χ4v) is 1.24. The zero-order chi connectivity index (χ0) is 16.2. The minimum absolute atomic E-state index is 0.101. The molecule has 0 amide bonds. The maximum atomic E-state index is 11.3. The lowest BCUT2D eigenvalue weighted by Crippen LogP contribution is -2.14. The topological polar surface area (TPSA) is 89.5 Å². The van der Waals surface area contributed by atoms with Gasteiger partial charge < -0.3 is 28.4 Å².